The van der Waals surface area contributed by atoms with Crippen molar-refractivity contribution in [3.8, 4) is 0 Å². The zero-order valence-electron chi connectivity index (χ0n) is 15.4. The minimum absolute atomic E-state index is 0.0533. The fraction of sp³-hybridized carbons (Fsp3) is 0.211. The number of aromatic nitrogens is 2. The zero-order valence-corrected chi connectivity index (χ0v) is 17.0. The second-order valence-corrected chi connectivity index (χ2v) is 9.19. The van der Waals surface area contributed by atoms with E-state index >= 15 is 0 Å². The number of urea groups is 1. The van der Waals surface area contributed by atoms with Gasteiger partial charge in [0.15, 0.2) is 5.13 Å². The standard InChI is InChI=1S/C19H19N5O3S2/c25-19(24(16-4-5-16)13-14-6-8-20-9-7-14)22-15-2-1-3-17(12-15)29(26,27)23-18-21-10-11-28-18/h1-3,6-12,16H,4-5,13H2,(H,21,23)(H,22,25). The molecule has 0 spiro atoms. The molecule has 0 unspecified atom stereocenters. The first kappa shape index (κ1) is 19.3. The fourth-order valence-electron chi connectivity index (χ4n) is 2.82. The minimum Gasteiger partial charge on any atom is -0.317 e. The Kier molecular flexibility index (Phi) is 5.45. The summed E-state index contributed by atoms with van der Waals surface area (Å²) in [5.74, 6) is 0. The van der Waals surface area contributed by atoms with Gasteiger partial charge in [0.1, 0.15) is 0 Å². The van der Waals surface area contributed by atoms with Crippen molar-refractivity contribution in [3.63, 3.8) is 0 Å². The molecule has 29 heavy (non-hydrogen) atoms. The SMILES string of the molecule is O=C(Nc1cccc(S(=O)(=O)Nc2nccs2)c1)N(Cc1ccncc1)C1CC1. The summed E-state index contributed by atoms with van der Waals surface area (Å²) in [4.78, 5) is 22.6. The molecule has 2 aromatic heterocycles. The number of rotatable bonds is 7. The second-order valence-electron chi connectivity index (χ2n) is 6.62. The molecule has 4 rings (SSSR count). The third-order valence-corrected chi connectivity index (χ3v) is 6.55. The summed E-state index contributed by atoms with van der Waals surface area (Å²) in [5, 5.41) is 4.79. The number of nitrogens with one attached hydrogen (secondary N) is 2. The maximum Gasteiger partial charge on any atom is 0.322 e. The highest BCUT2D eigenvalue weighted by molar-refractivity contribution is 7.93. The van der Waals surface area contributed by atoms with Crippen LogP contribution in [-0.4, -0.2) is 35.4 Å². The first-order chi connectivity index (χ1) is 14.0. The van der Waals surface area contributed by atoms with Crippen LogP contribution in [0.4, 0.5) is 15.6 Å². The molecule has 8 nitrogen and oxygen atoms in total. The number of carbonyl (C=O) groups is 1. The summed E-state index contributed by atoms with van der Waals surface area (Å²) in [6, 6.07) is 9.86. The summed E-state index contributed by atoms with van der Waals surface area (Å²) in [7, 11) is -3.79. The van der Waals surface area contributed by atoms with E-state index in [0.29, 0.717) is 12.2 Å². The van der Waals surface area contributed by atoms with Gasteiger partial charge in [-0.15, -0.1) is 11.3 Å². The third-order valence-electron chi connectivity index (χ3n) is 4.40. The van der Waals surface area contributed by atoms with Crippen molar-refractivity contribution in [1.29, 1.82) is 0 Å². The van der Waals surface area contributed by atoms with E-state index in [1.54, 1.807) is 34.8 Å². The van der Waals surface area contributed by atoms with E-state index in [1.807, 2.05) is 12.1 Å². The molecule has 2 heterocycles. The Morgan fingerprint density at radius 2 is 1.97 bits per heavy atom. The van der Waals surface area contributed by atoms with Crippen LogP contribution in [0.25, 0.3) is 0 Å². The molecule has 1 aliphatic carbocycles. The molecule has 0 bridgehead atoms. The molecule has 0 saturated heterocycles. The van der Waals surface area contributed by atoms with Crippen LogP contribution in [0, 0.1) is 0 Å². The van der Waals surface area contributed by atoms with Gasteiger partial charge in [0, 0.05) is 42.2 Å². The lowest BCUT2D eigenvalue weighted by molar-refractivity contribution is 0.206. The summed E-state index contributed by atoms with van der Waals surface area (Å²) in [5.41, 5.74) is 1.41. The molecule has 0 radical (unpaired) electrons. The lowest BCUT2D eigenvalue weighted by Gasteiger charge is -2.23. The maximum absolute atomic E-state index is 12.8. The van der Waals surface area contributed by atoms with E-state index < -0.39 is 10.0 Å². The molecular weight excluding hydrogens is 410 g/mol. The first-order valence-corrected chi connectivity index (χ1v) is 11.4. The van der Waals surface area contributed by atoms with Crippen LogP contribution in [-0.2, 0) is 16.6 Å². The van der Waals surface area contributed by atoms with Crippen molar-refractivity contribution < 1.29 is 13.2 Å². The highest BCUT2D eigenvalue weighted by atomic mass is 32.2. The van der Waals surface area contributed by atoms with Crippen molar-refractivity contribution >= 4 is 38.2 Å². The highest BCUT2D eigenvalue weighted by Crippen LogP contribution is 2.29. The van der Waals surface area contributed by atoms with Gasteiger partial charge in [-0.2, -0.15) is 0 Å². The monoisotopic (exact) mass is 429 g/mol. The van der Waals surface area contributed by atoms with E-state index in [9.17, 15) is 13.2 Å². The quantitative estimate of drug-likeness (QED) is 0.598. The largest absolute Gasteiger partial charge is 0.322 e. The molecular formula is C19H19N5O3S2. The Balaban J connectivity index is 1.48. The van der Waals surface area contributed by atoms with Crippen LogP contribution in [0.1, 0.15) is 18.4 Å². The summed E-state index contributed by atoms with van der Waals surface area (Å²) in [6.45, 7) is 0.475. The lowest BCUT2D eigenvalue weighted by Crippen LogP contribution is -2.36. The smallest absolute Gasteiger partial charge is 0.317 e. The van der Waals surface area contributed by atoms with Gasteiger partial charge in [-0.1, -0.05) is 6.07 Å². The van der Waals surface area contributed by atoms with Crippen LogP contribution < -0.4 is 10.0 Å². The molecule has 0 aliphatic heterocycles. The van der Waals surface area contributed by atoms with Gasteiger partial charge in [0.2, 0.25) is 0 Å². The number of nitrogens with zero attached hydrogens (tertiary/aromatic N) is 3. The number of carbonyl (C=O) groups excluding carboxylic acids is 1. The number of sulfonamides is 1. The van der Waals surface area contributed by atoms with Crippen molar-refractivity contribution in [1.82, 2.24) is 14.9 Å². The van der Waals surface area contributed by atoms with Gasteiger partial charge in [0.05, 0.1) is 4.90 Å². The highest BCUT2D eigenvalue weighted by Gasteiger charge is 2.32. The molecule has 2 amide bonds. The zero-order chi connectivity index (χ0) is 20.3. The van der Waals surface area contributed by atoms with Crippen LogP contribution in [0.5, 0.6) is 0 Å². The first-order valence-electron chi connectivity index (χ1n) is 9.00. The molecule has 1 aromatic carbocycles. The number of pyridine rings is 1. The predicted molar refractivity (Wildman–Crippen MR) is 111 cm³/mol. The van der Waals surface area contributed by atoms with Crippen molar-refractivity contribution in [3.05, 3.63) is 65.9 Å². The van der Waals surface area contributed by atoms with E-state index in [4.69, 9.17) is 0 Å². The number of hydrogen-bond donors (Lipinski definition) is 2. The van der Waals surface area contributed by atoms with Crippen LogP contribution >= 0.6 is 11.3 Å². The van der Waals surface area contributed by atoms with Crippen LogP contribution in [0.15, 0.2) is 65.3 Å². The molecule has 0 atom stereocenters. The van der Waals surface area contributed by atoms with E-state index in [1.165, 1.54) is 29.7 Å². The van der Waals surface area contributed by atoms with Crippen molar-refractivity contribution in [2.75, 3.05) is 10.0 Å². The van der Waals surface area contributed by atoms with Gasteiger partial charge in [-0.25, -0.2) is 18.2 Å². The Bertz CT molecular complexity index is 1080. The number of anilines is 2. The minimum atomic E-state index is -3.79. The molecule has 1 aliphatic rings. The number of benzene rings is 1. The van der Waals surface area contributed by atoms with Gasteiger partial charge < -0.3 is 10.2 Å². The summed E-state index contributed by atoms with van der Waals surface area (Å²) in [6.07, 6.45) is 6.84. The average molecular weight is 430 g/mol. The number of hydrogen-bond acceptors (Lipinski definition) is 6. The van der Waals surface area contributed by atoms with Crippen molar-refractivity contribution in [2.45, 2.75) is 30.3 Å². The normalized spacial score (nSPS) is 13.7. The number of thiazole rings is 1. The van der Waals surface area contributed by atoms with E-state index in [-0.39, 0.29) is 22.1 Å². The van der Waals surface area contributed by atoms with Crippen LogP contribution in [0.3, 0.4) is 0 Å². The lowest BCUT2D eigenvalue weighted by atomic mass is 10.2. The predicted octanol–water partition coefficient (Wildman–Crippen LogP) is 3.54. The molecule has 1 saturated carbocycles. The molecule has 10 heteroatoms. The Morgan fingerprint density at radius 1 is 1.17 bits per heavy atom. The van der Waals surface area contributed by atoms with Gasteiger partial charge in [-0.05, 0) is 48.7 Å². The Morgan fingerprint density at radius 3 is 2.66 bits per heavy atom. The summed E-state index contributed by atoms with van der Waals surface area (Å²) >= 11 is 1.19. The molecule has 3 aromatic rings. The molecule has 1 fully saturated rings. The average Bonchev–Trinajstić information content (AvgIpc) is 3.43. The summed E-state index contributed by atoms with van der Waals surface area (Å²) < 4.78 is 27.5. The second kappa shape index (κ2) is 8.18. The van der Waals surface area contributed by atoms with E-state index in [2.05, 4.69) is 20.0 Å². The maximum atomic E-state index is 12.8. The fourth-order valence-corrected chi connectivity index (χ4v) is 4.66. The van der Waals surface area contributed by atoms with Gasteiger partial charge in [0.25, 0.3) is 10.0 Å². The molecule has 2 N–H and O–H groups in total. The van der Waals surface area contributed by atoms with Crippen molar-refractivity contribution in [2.24, 2.45) is 0 Å². The Hall–Kier alpha value is -2.98. The van der Waals surface area contributed by atoms with Gasteiger partial charge in [-0.3, -0.25) is 9.71 Å². The topological polar surface area (TPSA) is 104 Å². The van der Waals surface area contributed by atoms with Gasteiger partial charge >= 0.3 is 6.03 Å². The third kappa shape index (κ3) is 4.90. The molecule has 150 valence electrons. The Labute approximate surface area is 172 Å². The van der Waals surface area contributed by atoms with E-state index in [0.717, 1.165) is 18.4 Å². The number of amides is 2. The van der Waals surface area contributed by atoms with Crippen LogP contribution in [0.2, 0.25) is 0 Å².